The third-order valence-corrected chi connectivity index (χ3v) is 5.02. The number of nitrogens with one attached hydrogen (secondary N) is 3. The van der Waals surface area contributed by atoms with Crippen LogP contribution in [0.1, 0.15) is 11.6 Å². The quantitative estimate of drug-likeness (QED) is 0.366. The molecule has 6 heteroatoms. The highest BCUT2D eigenvalue weighted by Gasteiger charge is 2.22. The second-order valence-electron chi connectivity index (χ2n) is 6.34. The molecule has 0 fully saturated rings. The Morgan fingerprint density at radius 1 is 0.929 bits per heavy atom. The number of benzene rings is 3. The van der Waals surface area contributed by atoms with Gasteiger partial charge in [-0.25, -0.2) is 4.39 Å². The first-order chi connectivity index (χ1) is 13.6. The first kappa shape index (κ1) is 18.3. The van der Waals surface area contributed by atoms with Gasteiger partial charge in [0.1, 0.15) is 11.9 Å². The Hall–Kier alpha value is -3.12. The van der Waals surface area contributed by atoms with Crippen LogP contribution in [0.5, 0.6) is 0 Å². The molecule has 0 radical (unpaired) electrons. The molecule has 1 heterocycles. The number of anilines is 2. The number of aromatic nitrogens is 1. The molecule has 0 bridgehead atoms. The SMILES string of the molecule is O=C(Nc1cccc2[nH]ccc12)[C@@H](Nc1ccccc1F)c1ccc(Br)cc1. The highest BCUT2D eigenvalue weighted by Crippen LogP contribution is 2.27. The van der Waals surface area contributed by atoms with E-state index in [-0.39, 0.29) is 11.6 Å². The van der Waals surface area contributed by atoms with Crippen LogP contribution in [0, 0.1) is 5.82 Å². The van der Waals surface area contributed by atoms with Gasteiger partial charge in [0.05, 0.1) is 11.4 Å². The summed E-state index contributed by atoms with van der Waals surface area (Å²) >= 11 is 3.40. The summed E-state index contributed by atoms with van der Waals surface area (Å²) in [6.07, 6.45) is 1.82. The third-order valence-electron chi connectivity index (χ3n) is 4.49. The summed E-state index contributed by atoms with van der Waals surface area (Å²) < 4.78 is 15.1. The van der Waals surface area contributed by atoms with Crippen LogP contribution in [0.2, 0.25) is 0 Å². The largest absolute Gasteiger partial charge is 0.368 e. The van der Waals surface area contributed by atoms with Gasteiger partial charge in [-0.3, -0.25) is 4.79 Å². The lowest BCUT2D eigenvalue weighted by molar-refractivity contribution is -0.117. The van der Waals surface area contributed by atoms with E-state index in [2.05, 4.69) is 31.5 Å². The molecule has 1 aromatic heterocycles. The molecule has 3 N–H and O–H groups in total. The zero-order chi connectivity index (χ0) is 19.5. The fourth-order valence-corrected chi connectivity index (χ4v) is 3.35. The van der Waals surface area contributed by atoms with Crippen molar-refractivity contribution < 1.29 is 9.18 Å². The monoisotopic (exact) mass is 437 g/mol. The summed E-state index contributed by atoms with van der Waals surface area (Å²) in [5.41, 5.74) is 2.62. The molecule has 0 aliphatic carbocycles. The predicted octanol–water partition coefficient (Wildman–Crippen LogP) is 5.86. The number of H-pyrrole nitrogens is 1. The van der Waals surface area contributed by atoms with Crippen molar-refractivity contribution in [2.75, 3.05) is 10.6 Å². The van der Waals surface area contributed by atoms with E-state index in [1.807, 2.05) is 54.7 Å². The zero-order valence-corrected chi connectivity index (χ0v) is 16.3. The number of halogens is 2. The highest BCUT2D eigenvalue weighted by atomic mass is 79.9. The molecule has 0 saturated carbocycles. The van der Waals surface area contributed by atoms with E-state index in [4.69, 9.17) is 0 Å². The second kappa shape index (κ2) is 7.86. The van der Waals surface area contributed by atoms with E-state index >= 15 is 0 Å². The van der Waals surface area contributed by atoms with Crippen LogP contribution in [0.25, 0.3) is 10.9 Å². The zero-order valence-electron chi connectivity index (χ0n) is 14.7. The second-order valence-corrected chi connectivity index (χ2v) is 7.26. The maximum absolute atomic E-state index is 14.2. The Morgan fingerprint density at radius 3 is 2.46 bits per heavy atom. The summed E-state index contributed by atoms with van der Waals surface area (Å²) in [4.78, 5) is 16.3. The Kier molecular flexibility index (Phi) is 5.12. The molecule has 0 unspecified atom stereocenters. The molecule has 4 aromatic rings. The normalized spacial score (nSPS) is 11.9. The number of carbonyl (C=O) groups excluding carboxylic acids is 1. The molecular weight excluding hydrogens is 421 g/mol. The van der Waals surface area contributed by atoms with Crippen molar-refractivity contribution in [1.82, 2.24) is 4.98 Å². The lowest BCUT2D eigenvalue weighted by Gasteiger charge is -2.21. The van der Waals surface area contributed by atoms with Crippen molar-refractivity contribution in [2.45, 2.75) is 6.04 Å². The molecule has 1 amide bonds. The predicted molar refractivity (Wildman–Crippen MR) is 114 cm³/mol. The fourth-order valence-electron chi connectivity index (χ4n) is 3.09. The summed E-state index contributed by atoms with van der Waals surface area (Å²) in [6, 6.07) is 20.5. The summed E-state index contributed by atoms with van der Waals surface area (Å²) in [7, 11) is 0. The van der Waals surface area contributed by atoms with Crippen LogP contribution in [-0.4, -0.2) is 10.9 Å². The molecule has 1 atom stereocenters. The number of hydrogen-bond donors (Lipinski definition) is 3. The Labute approximate surface area is 169 Å². The Morgan fingerprint density at radius 2 is 1.68 bits per heavy atom. The van der Waals surface area contributed by atoms with Gasteiger partial charge in [0, 0.05) is 21.6 Å². The lowest BCUT2D eigenvalue weighted by Crippen LogP contribution is -2.27. The van der Waals surface area contributed by atoms with E-state index in [0.717, 1.165) is 20.9 Å². The molecule has 4 rings (SSSR count). The van der Waals surface area contributed by atoms with Crippen molar-refractivity contribution in [1.29, 1.82) is 0 Å². The molecule has 0 saturated heterocycles. The van der Waals surface area contributed by atoms with Gasteiger partial charge in [0.2, 0.25) is 0 Å². The van der Waals surface area contributed by atoms with Crippen LogP contribution in [0.15, 0.2) is 83.5 Å². The van der Waals surface area contributed by atoms with Gasteiger partial charge in [0.15, 0.2) is 0 Å². The van der Waals surface area contributed by atoms with Crippen LogP contribution in [0.3, 0.4) is 0 Å². The van der Waals surface area contributed by atoms with Gasteiger partial charge in [-0.2, -0.15) is 0 Å². The van der Waals surface area contributed by atoms with E-state index in [1.165, 1.54) is 6.07 Å². The minimum atomic E-state index is -0.765. The van der Waals surface area contributed by atoms with Crippen LogP contribution >= 0.6 is 15.9 Å². The maximum Gasteiger partial charge on any atom is 0.251 e. The average molecular weight is 438 g/mol. The number of rotatable bonds is 5. The molecule has 0 spiro atoms. The van der Waals surface area contributed by atoms with E-state index in [0.29, 0.717) is 5.69 Å². The topological polar surface area (TPSA) is 56.9 Å². The molecular formula is C22H17BrFN3O. The molecule has 0 aliphatic rings. The number of carbonyl (C=O) groups is 1. The Balaban J connectivity index is 1.68. The third kappa shape index (κ3) is 3.77. The number of amides is 1. The minimum Gasteiger partial charge on any atom is -0.368 e. The number of fused-ring (bicyclic) bond motifs is 1. The van der Waals surface area contributed by atoms with Gasteiger partial charge in [-0.15, -0.1) is 0 Å². The van der Waals surface area contributed by atoms with Gasteiger partial charge in [-0.1, -0.05) is 46.3 Å². The van der Waals surface area contributed by atoms with E-state index < -0.39 is 11.9 Å². The van der Waals surface area contributed by atoms with Gasteiger partial charge >= 0.3 is 0 Å². The van der Waals surface area contributed by atoms with Crippen LogP contribution in [0.4, 0.5) is 15.8 Å². The van der Waals surface area contributed by atoms with E-state index in [9.17, 15) is 9.18 Å². The minimum absolute atomic E-state index is 0.269. The number of para-hydroxylation sites is 1. The van der Waals surface area contributed by atoms with Crippen molar-refractivity contribution in [3.05, 3.63) is 94.8 Å². The number of aromatic amines is 1. The molecule has 0 aliphatic heterocycles. The summed E-state index contributed by atoms with van der Waals surface area (Å²) in [5, 5.41) is 6.92. The standard InChI is InChI=1S/C22H17BrFN3O/c23-15-10-8-14(9-11-15)21(26-20-5-2-1-4-17(20)24)22(28)27-19-7-3-6-18-16(19)12-13-25-18/h1-13,21,25-26H,(H,27,28)/t21-/m0/s1. The van der Waals surface area contributed by atoms with Crippen molar-refractivity contribution in [3.8, 4) is 0 Å². The van der Waals surface area contributed by atoms with Crippen molar-refractivity contribution in [2.24, 2.45) is 0 Å². The molecule has 140 valence electrons. The molecule has 3 aromatic carbocycles. The van der Waals surface area contributed by atoms with Crippen molar-refractivity contribution in [3.63, 3.8) is 0 Å². The smallest absolute Gasteiger partial charge is 0.251 e. The van der Waals surface area contributed by atoms with Crippen LogP contribution in [-0.2, 0) is 4.79 Å². The summed E-state index contributed by atoms with van der Waals surface area (Å²) in [6.45, 7) is 0. The van der Waals surface area contributed by atoms with Crippen molar-refractivity contribution >= 4 is 44.1 Å². The first-order valence-electron chi connectivity index (χ1n) is 8.75. The maximum atomic E-state index is 14.2. The fraction of sp³-hybridized carbons (Fsp3) is 0.0455. The molecule has 4 nitrogen and oxygen atoms in total. The lowest BCUT2D eigenvalue weighted by atomic mass is 10.1. The summed E-state index contributed by atoms with van der Waals surface area (Å²) in [5.74, 6) is -0.690. The van der Waals surface area contributed by atoms with E-state index in [1.54, 1.807) is 18.2 Å². The van der Waals surface area contributed by atoms with Crippen LogP contribution < -0.4 is 10.6 Å². The average Bonchev–Trinajstić information content (AvgIpc) is 3.18. The number of hydrogen-bond acceptors (Lipinski definition) is 2. The van der Waals surface area contributed by atoms with Gasteiger partial charge in [0.25, 0.3) is 5.91 Å². The first-order valence-corrected chi connectivity index (χ1v) is 9.54. The highest BCUT2D eigenvalue weighted by molar-refractivity contribution is 9.10. The Bertz CT molecular complexity index is 1120. The van der Waals surface area contributed by atoms with Gasteiger partial charge < -0.3 is 15.6 Å². The molecule has 28 heavy (non-hydrogen) atoms. The van der Waals surface area contributed by atoms with Gasteiger partial charge in [-0.05, 0) is 48.0 Å².